The van der Waals surface area contributed by atoms with Crippen LogP contribution in [-0.4, -0.2) is 11.1 Å². The Labute approximate surface area is 125 Å². The highest BCUT2D eigenvalue weighted by Gasteiger charge is 2.61. The van der Waals surface area contributed by atoms with E-state index in [-0.39, 0.29) is 5.41 Å². The summed E-state index contributed by atoms with van der Waals surface area (Å²) < 4.78 is 6.19. The molecule has 3 rings (SSSR count). The zero-order valence-electron chi connectivity index (χ0n) is 12.4. The van der Waals surface area contributed by atoms with Crippen LogP contribution in [0.2, 0.25) is 5.02 Å². The van der Waals surface area contributed by atoms with Gasteiger partial charge < -0.3 is 10.5 Å². The van der Waals surface area contributed by atoms with Crippen LogP contribution in [0.3, 0.4) is 0 Å². The van der Waals surface area contributed by atoms with E-state index in [0.29, 0.717) is 29.0 Å². The number of rotatable bonds is 3. The fraction of sp³-hybridized carbons (Fsp3) is 0.688. The summed E-state index contributed by atoms with van der Waals surface area (Å²) in [7, 11) is 0. The van der Waals surface area contributed by atoms with Gasteiger partial charge in [-0.15, -0.1) is 0 Å². The van der Waals surface area contributed by atoms with Crippen LogP contribution >= 0.6 is 11.6 Å². The molecule has 0 amide bonds. The molecule has 0 radical (unpaired) electrons. The van der Waals surface area contributed by atoms with Gasteiger partial charge in [0, 0.05) is 0 Å². The molecule has 3 atom stereocenters. The van der Waals surface area contributed by atoms with Gasteiger partial charge in [0.2, 0.25) is 0 Å². The molecule has 3 unspecified atom stereocenters. The number of pyridine rings is 1. The second kappa shape index (κ2) is 4.60. The van der Waals surface area contributed by atoms with Crippen molar-refractivity contribution in [3.8, 4) is 0 Å². The molecule has 1 heterocycles. The standard InChI is InChI=1S/C16H23ClN2O/c1-15(2)10-6-7-16(15,3)13(8-10)20-9-12-11(17)4-5-14(18)19-12/h4-5,10,13H,6-9H2,1-3H3,(H2,18,19). The lowest BCUT2D eigenvalue weighted by Gasteiger charge is -2.38. The quantitative estimate of drug-likeness (QED) is 0.915. The van der Waals surface area contributed by atoms with Crippen molar-refractivity contribution in [3.05, 3.63) is 22.8 Å². The van der Waals surface area contributed by atoms with Crippen molar-refractivity contribution < 1.29 is 4.74 Å². The predicted octanol–water partition coefficient (Wildman–Crippen LogP) is 4.05. The van der Waals surface area contributed by atoms with E-state index in [1.54, 1.807) is 12.1 Å². The predicted molar refractivity (Wildman–Crippen MR) is 81.5 cm³/mol. The van der Waals surface area contributed by atoms with Gasteiger partial charge in [-0.3, -0.25) is 0 Å². The molecule has 2 aliphatic carbocycles. The van der Waals surface area contributed by atoms with Crippen LogP contribution in [0.25, 0.3) is 0 Å². The van der Waals surface area contributed by atoms with Crippen LogP contribution in [-0.2, 0) is 11.3 Å². The van der Waals surface area contributed by atoms with E-state index in [4.69, 9.17) is 22.1 Å². The summed E-state index contributed by atoms with van der Waals surface area (Å²) in [6.45, 7) is 7.60. The molecule has 110 valence electrons. The number of anilines is 1. The largest absolute Gasteiger partial charge is 0.384 e. The van der Waals surface area contributed by atoms with Gasteiger partial charge in [-0.1, -0.05) is 32.4 Å². The van der Waals surface area contributed by atoms with E-state index in [0.717, 1.165) is 18.0 Å². The maximum absolute atomic E-state index is 6.19. The first kappa shape index (κ1) is 14.2. The van der Waals surface area contributed by atoms with E-state index in [1.165, 1.54) is 12.8 Å². The number of aromatic nitrogens is 1. The Kier molecular flexibility index (Phi) is 3.26. The van der Waals surface area contributed by atoms with Crippen molar-refractivity contribution in [1.29, 1.82) is 0 Å². The Bertz CT molecular complexity index is 531. The molecule has 2 aliphatic rings. The number of fused-ring (bicyclic) bond motifs is 2. The minimum absolute atomic E-state index is 0.268. The molecule has 2 N–H and O–H groups in total. The third kappa shape index (κ3) is 1.94. The molecular formula is C16H23ClN2O. The molecule has 20 heavy (non-hydrogen) atoms. The summed E-state index contributed by atoms with van der Waals surface area (Å²) in [5.74, 6) is 1.27. The molecule has 2 fully saturated rings. The number of nitrogens with two attached hydrogens (primary N) is 1. The fourth-order valence-electron chi connectivity index (χ4n) is 4.16. The second-order valence-electron chi connectivity index (χ2n) is 7.07. The Morgan fingerprint density at radius 3 is 2.75 bits per heavy atom. The first-order valence-corrected chi connectivity index (χ1v) is 7.75. The Morgan fingerprint density at radius 1 is 1.40 bits per heavy atom. The lowest BCUT2D eigenvalue weighted by Crippen LogP contribution is -2.37. The van der Waals surface area contributed by atoms with Crippen LogP contribution in [0.4, 0.5) is 5.82 Å². The molecule has 1 aromatic rings. The lowest BCUT2D eigenvalue weighted by molar-refractivity contribution is -0.0559. The van der Waals surface area contributed by atoms with Gasteiger partial charge in [0.15, 0.2) is 0 Å². The first-order valence-electron chi connectivity index (χ1n) is 7.37. The first-order chi connectivity index (χ1) is 9.34. The van der Waals surface area contributed by atoms with Crippen molar-refractivity contribution in [2.24, 2.45) is 16.7 Å². The molecule has 2 bridgehead atoms. The van der Waals surface area contributed by atoms with Crippen LogP contribution < -0.4 is 5.73 Å². The third-order valence-corrected chi connectivity index (χ3v) is 6.42. The molecule has 1 aromatic heterocycles. The number of hydrogen-bond acceptors (Lipinski definition) is 3. The van der Waals surface area contributed by atoms with E-state index in [2.05, 4.69) is 25.8 Å². The minimum atomic E-state index is 0.268. The maximum atomic E-state index is 6.19. The van der Waals surface area contributed by atoms with Gasteiger partial charge in [0.1, 0.15) is 5.82 Å². The van der Waals surface area contributed by atoms with E-state index < -0.39 is 0 Å². The lowest BCUT2D eigenvalue weighted by atomic mass is 9.70. The number of hydrogen-bond donors (Lipinski definition) is 1. The third-order valence-electron chi connectivity index (χ3n) is 6.08. The van der Waals surface area contributed by atoms with Gasteiger partial charge in [-0.2, -0.15) is 0 Å². The highest BCUT2D eigenvalue weighted by molar-refractivity contribution is 6.31. The normalized spacial score (nSPS) is 34.6. The average Bonchev–Trinajstić information content (AvgIpc) is 2.72. The Hall–Kier alpha value is -0.800. The summed E-state index contributed by atoms with van der Waals surface area (Å²) in [5, 5.41) is 0.631. The molecular weight excluding hydrogens is 272 g/mol. The molecule has 4 heteroatoms. The Morgan fingerprint density at radius 2 is 2.15 bits per heavy atom. The highest BCUT2D eigenvalue weighted by Crippen LogP contribution is 2.66. The molecule has 0 spiro atoms. The number of ether oxygens (including phenoxy) is 1. The minimum Gasteiger partial charge on any atom is -0.384 e. The monoisotopic (exact) mass is 294 g/mol. The van der Waals surface area contributed by atoms with Gasteiger partial charge >= 0.3 is 0 Å². The number of halogens is 1. The van der Waals surface area contributed by atoms with E-state index in [1.807, 2.05) is 0 Å². The number of nitrogen functional groups attached to an aromatic ring is 1. The van der Waals surface area contributed by atoms with Gasteiger partial charge in [0.05, 0.1) is 23.4 Å². The summed E-state index contributed by atoms with van der Waals surface area (Å²) in [4.78, 5) is 4.28. The maximum Gasteiger partial charge on any atom is 0.123 e. The molecule has 0 saturated heterocycles. The fourth-order valence-corrected chi connectivity index (χ4v) is 4.32. The van der Waals surface area contributed by atoms with Crippen molar-refractivity contribution in [2.45, 2.75) is 52.7 Å². The van der Waals surface area contributed by atoms with E-state index in [9.17, 15) is 0 Å². The highest BCUT2D eigenvalue weighted by atomic mass is 35.5. The summed E-state index contributed by atoms with van der Waals surface area (Å²) in [6, 6.07) is 3.50. The molecule has 0 aromatic carbocycles. The topological polar surface area (TPSA) is 48.1 Å². The van der Waals surface area contributed by atoms with Crippen molar-refractivity contribution >= 4 is 17.4 Å². The van der Waals surface area contributed by atoms with Gasteiger partial charge in [-0.25, -0.2) is 4.98 Å². The number of nitrogens with zero attached hydrogens (tertiary/aromatic N) is 1. The molecule has 0 aliphatic heterocycles. The van der Waals surface area contributed by atoms with Crippen molar-refractivity contribution in [1.82, 2.24) is 4.98 Å². The summed E-state index contributed by atoms with van der Waals surface area (Å²) >= 11 is 6.15. The molecule has 3 nitrogen and oxygen atoms in total. The van der Waals surface area contributed by atoms with Crippen LogP contribution in [0.15, 0.2) is 12.1 Å². The van der Waals surface area contributed by atoms with E-state index >= 15 is 0 Å². The summed E-state index contributed by atoms with van der Waals surface area (Å²) in [5.41, 5.74) is 7.10. The molecule has 2 saturated carbocycles. The van der Waals surface area contributed by atoms with Crippen molar-refractivity contribution in [2.75, 3.05) is 5.73 Å². The van der Waals surface area contributed by atoms with Gasteiger partial charge in [-0.05, 0) is 48.1 Å². The van der Waals surface area contributed by atoms with Gasteiger partial charge in [0.25, 0.3) is 0 Å². The summed E-state index contributed by atoms with van der Waals surface area (Å²) in [6.07, 6.45) is 4.05. The van der Waals surface area contributed by atoms with Crippen LogP contribution in [0.5, 0.6) is 0 Å². The average molecular weight is 295 g/mol. The zero-order valence-corrected chi connectivity index (χ0v) is 13.2. The zero-order chi connectivity index (χ0) is 14.5. The SMILES string of the molecule is CC1(C)C2CCC1(C)C(OCc1nc(N)ccc1Cl)C2. The second-order valence-corrected chi connectivity index (χ2v) is 7.48. The smallest absolute Gasteiger partial charge is 0.123 e. The van der Waals surface area contributed by atoms with Crippen LogP contribution in [0, 0.1) is 16.7 Å². The van der Waals surface area contributed by atoms with Crippen LogP contribution in [0.1, 0.15) is 45.7 Å². The van der Waals surface area contributed by atoms with Crippen molar-refractivity contribution in [3.63, 3.8) is 0 Å². The Balaban J connectivity index is 1.73.